The van der Waals surface area contributed by atoms with Gasteiger partial charge in [0.05, 0.1) is 12.7 Å². The van der Waals surface area contributed by atoms with Crippen LogP contribution in [0.3, 0.4) is 0 Å². The topological polar surface area (TPSA) is 48.5 Å². The summed E-state index contributed by atoms with van der Waals surface area (Å²) in [7, 11) is 3.54. The number of halogens is 1. The average molecular weight is 378 g/mol. The SMILES string of the molecule is CCCCn1/c(=N/C(=O)c2cc(Cl)ccc2OC)cc(C(C)(C)C)n1C. The first-order chi connectivity index (χ1) is 12.2. The number of nitrogens with zero attached hydrogens (tertiary/aromatic N) is 3. The maximum atomic E-state index is 12.8. The van der Waals surface area contributed by atoms with Gasteiger partial charge in [-0.05, 0) is 24.6 Å². The average Bonchev–Trinajstić information content (AvgIpc) is 2.88. The molecule has 1 aromatic heterocycles. The van der Waals surface area contributed by atoms with Crippen LogP contribution in [0.5, 0.6) is 5.75 Å². The van der Waals surface area contributed by atoms with E-state index in [9.17, 15) is 4.79 Å². The Kier molecular flexibility index (Phi) is 6.34. The normalized spacial score (nSPS) is 12.5. The second kappa shape index (κ2) is 8.12. The van der Waals surface area contributed by atoms with Crippen LogP contribution in [0, 0.1) is 0 Å². The van der Waals surface area contributed by atoms with Crippen LogP contribution in [0.2, 0.25) is 5.02 Å². The third-order valence-electron chi connectivity index (χ3n) is 4.34. The summed E-state index contributed by atoms with van der Waals surface area (Å²) in [6, 6.07) is 6.96. The largest absolute Gasteiger partial charge is 0.496 e. The van der Waals surface area contributed by atoms with Crippen molar-refractivity contribution in [1.29, 1.82) is 0 Å². The molecule has 1 aromatic carbocycles. The molecule has 1 amide bonds. The molecule has 0 aliphatic rings. The van der Waals surface area contributed by atoms with Crippen molar-refractivity contribution in [2.75, 3.05) is 7.11 Å². The molecule has 0 unspecified atom stereocenters. The van der Waals surface area contributed by atoms with Crippen molar-refractivity contribution in [1.82, 2.24) is 9.36 Å². The summed E-state index contributed by atoms with van der Waals surface area (Å²) in [5.74, 6) is 0.107. The van der Waals surface area contributed by atoms with Gasteiger partial charge in [-0.3, -0.25) is 14.2 Å². The zero-order chi connectivity index (χ0) is 19.5. The number of aromatic nitrogens is 2. The molecule has 0 aliphatic heterocycles. The van der Waals surface area contributed by atoms with E-state index < -0.39 is 0 Å². The van der Waals surface area contributed by atoms with Gasteiger partial charge in [0.25, 0.3) is 5.91 Å². The quantitative estimate of drug-likeness (QED) is 0.778. The van der Waals surface area contributed by atoms with Gasteiger partial charge in [0, 0.05) is 35.8 Å². The number of hydrogen-bond acceptors (Lipinski definition) is 2. The van der Waals surface area contributed by atoms with Crippen molar-refractivity contribution >= 4 is 17.5 Å². The highest BCUT2D eigenvalue weighted by molar-refractivity contribution is 6.31. The minimum atomic E-state index is -0.361. The molecular weight excluding hydrogens is 350 g/mol. The standard InChI is InChI=1S/C20H28ClN3O2/c1-7-8-11-24-18(13-17(23(24)5)20(2,3)4)22-19(25)15-12-14(21)9-10-16(15)26-6/h9-10,12-13H,7-8,11H2,1-6H3/b22-18+. The van der Waals surface area contributed by atoms with Gasteiger partial charge in [-0.1, -0.05) is 45.7 Å². The second-order valence-corrected chi connectivity index (χ2v) is 7.84. The number of hydrogen-bond donors (Lipinski definition) is 0. The molecule has 0 atom stereocenters. The molecule has 1 heterocycles. The maximum Gasteiger partial charge on any atom is 0.282 e. The number of benzene rings is 1. The van der Waals surface area contributed by atoms with Gasteiger partial charge in [-0.15, -0.1) is 0 Å². The van der Waals surface area contributed by atoms with Crippen molar-refractivity contribution in [3.05, 3.63) is 46.0 Å². The molecule has 0 radical (unpaired) electrons. The van der Waals surface area contributed by atoms with E-state index in [2.05, 4.69) is 42.1 Å². The number of carbonyl (C=O) groups excluding carboxylic acids is 1. The number of unbranched alkanes of at least 4 members (excludes halogenated alkanes) is 1. The highest BCUT2D eigenvalue weighted by Crippen LogP contribution is 2.24. The molecular formula is C20H28ClN3O2. The number of amides is 1. The number of methoxy groups -OCH3 is 1. The Hall–Kier alpha value is -2.01. The monoisotopic (exact) mass is 377 g/mol. The Labute approximate surface area is 160 Å². The smallest absolute Gasteiger partial charge is 0.282 e. The summed E-state index contributed by atoms with van der Waals surface area (Å²) in [6.07, 6.45) is 2.09. The third-order valence-corrected chi connectivity index (χ3v) is 4.58. The summed E-state index contributed by atoms with van der Waals surface area (Å²) in [5, 5.41) is 0.478. The molecule has 0 bridgehead atoms. The van der Waals surface area contributed by atoms with Crippen LogP contribution >= 0.6 is 11.6 Å². The van der Waals surface area contributed by atoms with E-state index in [0.29, 0.717) is 21.8 Å². The molecule has 2 aromatic rings. The molecule has 142 valence electrons. The van der Waals surface area contributed by atoms with E-state index in [1.807, 2.05) is 13.1 Å². The van der Waals surface area contributed by atoms with Crippen LogP contribution in [0.25, 0.3) is 0 Å². The molecule has 0 N–H and O–H groups in total. The Morgan fingerprint density at radius 3 is 2.54 bits per heavy atom. The summed E-state index contributed by atoms with van der Waals surface area (Å²) in [4.78, 5) is 17.2. The minimum absolute atomic E-state index is 0.0483. The van der Waals surface area contributed by atoms with Crippen molar-refractivity contribution in [2.45, 2.75) is 52.5 Å². The highest BCUT2D eigenvalue weighted by atomic mass is 35.5. The van der Waals surface area contributed by atoms with Crippen molar-refractivity contribution in [3.8, 4) is 5.75 Å². The van der Waals surface area contributed by atoms with E-state index in [0.717, 1.165) is 25.1 Å². The molecule has 5 nitrogen and oxygen atoms in total. The molecule has 6 heteroatoms. The lowest BCUT2D eigenvalue weighted by Crippen LogP contribution is -2.25. The van der Waals surface area contributed by atoms with Crippen molar-refractivity contribution < 1.29 is 9.53 Å². The van der Waals surface area contributed by atoms with Crippen LogP contribution in [-0.4, -0.2) is 22.4 Å². The fourth-order valence-electron chi connectivity index (χ4n) is 2.95. The van der Waals surface area contributed by atoms with Gasteiger partial charge in [0.1, 0.15) is 5.75 Å². The lowest BCUT2D eigenvalue weighted by molar-refractivity contribution is 0.0994. The minimum Gasteiger partial charge on any atom is -0.496 e. The Bertz CT molecular complexity index is 857. The predicted molar refractivity (Wildman–Crippen MR) is 105 cm³/mol. The fourth-order valence-corrected chi connectivity index (χ4v) is 3.12. The van der Waals surface area contributed by atoms with E-state index in [1.54, 1.807) is 18.2 Å². The number of ether oxygens (including phenoxy) is 1. The molecule has 0 aliphatic carbocycles. The van der Waals surface area contributed by atoms with E-state index >= 15 is 0 Å². The second-order valence-electron chi connectivity index (χ2n) is 7.40. The van der Waals surface area contributed by atoms with Gasteiger partial charge in [-0.25, -0.2) is 0 Å². The summed E-state index contributed by atoms with van der Waals surface area (Å²) in [5.41, 5.74) is 2.09. The summed E-state index contributed by atoms with van der Waals surface area (Å²) in [6.45, 7) is 9.41. The Morgan fingerprint density at radius 2 is 1.96 bits per heavy atom. The zero-order valence-electron chi connectivity index (χ0n) is 16.5. The first-order valence-corrected chi connectivity index (χ1v) is 9.26. The first kappa shape index (κ1) is 20.3. The van der Waals surface area contributed by atoms with E-state index in [-0.39, 0.29) is 11.3 Å². The lowest BCUT2D eigenvalue weighted by atomic mass is 9.92. The van der Waals surface area contributed by atoms with Crippen molar-refractivity contribution in [2.24, 2.45) is 12.0 Å². The van der Waals surface area contributed by atoms with E-state index in [4.69, 9.17) is 16.3 Å². The fraction of sp³-hybridized carbons (Fsp3) is 0.500. The molecule has 2 rings (SSSR count). The lowest BCUT2D eigenvalue weighted by Gasteiger charge is -2.20. The maximum absolute atomic E-state index is 12.8. The molecule has 0 saturated heterocycles. The van der Waals surface area contributed by atoms with Crippen LogP contribution < -0.4 is 10.2 Å². The van der Waals surface area contributed by atoms with Crippen LogP contribution in [0.1, 0.15) is 56.6 Å². The zero-order valence-corrected chi connectivity index (χ0v) is 17.2. The van der Waals surface area contributed by atoms with Gasteiger partial charge >= 0.3 is 0 Å². The summed E-state index contributed by atoms with van der Waals surface area (Å²) < 4.78 is 9.43. The van der Waals surface area contributed by atoms with Gasteiger partial charge < -0.3 is 4.74 Å². The third kappa shape index (κ3) is 4.39. The predicted octanol–water partition coefficient (Wildman–Crippen LogP) is 4.33. The summed E-state index contributed by atoms with van der Waals surface area (Å²) >= 11 is 6.05. The Balaban J connectivity index is 2.59. The van der Waals surface area contributed by atoms with Gasteiger partial charge in [0.2, 0.25) is 0 Å². The number of rotatable bonds is 5. The van der Waals surface area contributed by atoms with Crippen LogP contribution in [0.15, 0.2) is 29.3 Å². The molecule has 0 spiro atoms. The molecule has 26 heavy (non-hydrogen) atoms. The van der Waals surface area contributed by atoms with Crippen LogP contribution in [0.4, 0.5) is 0 Å². The van der Waals surface area contributed by atoms with E-state index in [1.165, 1.54) is 7.11 Å². The Morgan fingerprint density at radius 1 is 1.27 bits per heavy atom. The van der Waals surface area contributed by atoms with Crippen molar-refractivity contribution in [3.63, 3.8) is 0 Å². The van der Waals surface area contributed by atoms with Gasteiger partial charge in [0.15, 0.2) is 5.49 Å². The highest BCUT2D eigenvalue weighted by Gasteiger charge is 2.21. The van der Waals surface area contributed by atoms with Gasteiger partial charge in [-0.2, -0.15) is 4.99 Å². The molecule has 0 fully saturated rings. The van der Waals surface area contributed by atoms with Crippen LogP contribution in [-0.2, 0) is 19.0 Å². The number of carbonyl (C=O) groups is 1. The molecule has 0 saturated carbocycles. The first-order valence-electron chi connectivity index (χ1n) is 8.89.